The van der Waals surface area contributed by atoms with Crippen LogP contribution in [0.4, 0.5) is 4.39 Å². The number of hydrogen-bond acceptors (Lipinski definition) is 3. The summed E-state index contributed by atoms with van der Waals surface area (Å²) < 4.78 is 13.2. The molecule has 0 saturated carbocycles. The van der Waals surface area contributed by atoms with Crippen molar-refractivity contribution in [3.63, 3.8) is 0 Å². The fourth-order valence-corrected chi connectivity index (χ4v) is 4.69. The van der Waals surface area contributed by atoms with Gasteiger partial charge in [-0.15, -0.1) is 0 Å². The third-order valence-corrected chi connectivity index (χ3v) is 6.37. The Labute approximate surface area is 193 Å². The molecule has 33 heavy (non-hydrogen) atoms. The van der Waals surface area contributed by atoms with E-state index in [-0.39, 0.29) is 24.1 Å². The molecule has 5 nitrogen and oxygen atoms in total. The number of nitrogens with one attached hydrogen (secondary N) is 1. The third-order valence-electron chi connectivity index (χ3n) is 6.37. The van der Waals surface area contributed by atoms with Gasteiger partial charge in [-0.05, 0) is 59.7 Å². The predicted molar refractivity (Wildman–Crippen MR) is 126 cm³/mol. The van der Waals surface area contributed by atoms with E-state index in [0.717, 1.165) is 28.7 Å². The molecule has 0 spiro atoms. The Bertz CT molecular complexity index is 1120. The van der Waals surface area contributed by atoms with Crippen LogP contribution in [0.15, 0.2) is 73.1 Å². The first-order valence-corrected chi connectivity index (χ1v) is 11.2. The average Bonchev–Trinajstić information content (AvgIpc) is 2.85. The molecule has 3 aromatic rings. The lowest BCUT2D eigenvalue weighted by Crippen LogP contribution is -2.54. The fraction of sp³-hybridized carbons (Fsp3) is 0.296. The molecule has 2 heterocycles. The minimum absolute atomic E-state index is 0.0429. The molecule has 0 radical (unpaired) electrons. The van der Waals surface area contributed by atoms with Crippen LogP contribution in [0.2, 0.25) is 0 Å². The van der Waals surface area contributed by atoms with E-state index < -0.39 is 5.41 Å². The molecule has 2 aromatic carbocycles. The van der Waals surface area contributed by atoms with Gasteiger partial charge in [-0.1, -0.05) is 42.5 Å². The number of amides is 2. The van der Waals surface area contributed by atoms with Gasteiger partial charge < -0.3 is 10.2 Å². The number of aromatic nitrogens is 1. The SMILES string of the molecule is CNC(=O)[C@]1(Cc2cccc(-c3cccnc3)c2)CCCN(C(=O)Cc2ccc(F)cc2)C1. The van der Waals surface area contributed by atoms with Crippen molar-refractivity contribution in [3.05, 3.63) is 90.0 Å². The van der Waals surface area contributed by atoms with Crippen LogP contribution < -0.4 is 5.32 Å². The lowest BCUT2D eigenvalue weighted by molar-refractivity contribution is -0.141. The number of likely N-dealkylation sites (tertiary alicyclic amines) is 1. The molecule has 0 bridgehead atoms. The average molecular weight is 446 g/mol. The molecule has 1 aliphatic rings. The summed E-state index contributed by atoms with van der Waals surface area (Å²) in [6, 6.07) is 18.1. The zero-order valence-electron chi connectivity index (χ0n) is 18.8. The maximum absolute atomic E-state index is 13.2. The van der Waals surface area contributed by atoms with Crippen molar-refractivity contribution < 1.29 is 14.0 Å². The molecule has 2 amide bonds. The summed E-state index contributed by atoms with van der Waals surface area (Å²) in [6.07, 6.45) is 5.77. The Morgan fingerprint density at radius 2 is 1.85 bits per heavy atom. The van der Waals surface area contributed by atoms with E-state index in [9.17, 15) is 14.0 Å². The molecule has 1 atom stereocenters. The number of benzene rings is 2. The van der Waals surface area contributed by atoms with Crippen molar-refractivity contribution in [3.8, 4) is 11.1 Å². The predicted octanol–water partition coefficient (Wildman–Crippen LogP) is 4.03. The summed E-state index contributed by atoms with van der Waals surface area (Å²) in [5.74, 6) is -0.413. The zero-order chi connectivity index (χ0) is 23.3. The summed E-state index contributed by atoms with van der Waals surface area (Å²) in [7, 11) is 1.65. The standard InChI is InChI=1S/C27H28FN3O2/c1-29-26(33)27(17-21-5-2-6-22(15-21)23-7-3-13-30-18-23)12-4-14-31(19-27)25(32)16-20-8-10-24(28)11-9-20/h2-3,5-11,13,15,18H,4,12,14,16-17,19H2,1H3,(H,29,33)/t27-/m0/s1. The van der Waals surface area contributed by atoms with Gasteiger partial charge in [0.2, 0.25) is 11.8 Å². The lowest BCUT2D eigenvalue weighted by atomic mass is 9.74. The Kier molecular flexibility index (Phi) is 6.82. The van der Waals surface area contributed by atoms with Crippen LogP contribution in [-0.2, 0) is 22.4 Å². The topological polar surface area (TPSA) is 62.3 Å². The summed E-state index contributed by atoms with van der Waals surface area (Å²) in [4.78, 5) is 32.1. The minimum Gasteiger partial charge on any atom is -0.359 e. The molecule has 1 N–H and O–H groups in total. The minimum atomic E-state index is -0.695. The third kappa shape index (κ3) is 5.28. The maximum Gasteiger partial charge on any atom is 0.228 e. The number of rotatable bonds is 6. The Morgan fingerprint density at radius 1 is 1.06 bits per heavy atom. The quantitative estimate of drug-likeness (QED) is 0.623. The van der Waals surface area contributed by atoms with E-state index in [0.29, 0.717) is 25.9 Å². The van der Waals surface area contributed by atoms with Crippen molar-refractivity contribution in [1.29, 1.82) is 0 Å². The van der Waals surface area contributed by atoms with Gasteiger partial charge in [0.15, 0.2) is 0 Å². The fourth-order valence-electron chi connectivity index (χ4n) is 4.69. The number of pyridine rings is 1. The molecular weight excluding hydrogens is 417 g/mol. The molecule has 1 saturated heterocycles. The van der Waals surface area contributed by atoms with E-state index in [2.05, 4.69) is 16.4 Å². The van der Waals surface area contributed by atoms with Crippen LogP contribution in [-0.4, -0.2) is 41.8 Å². The second-order valence-corrected chi connectivity index (χ2v) is 8.70. The van der Waals surface area contributed by atoms with Gasteiger partial charge >= 0.3 is 0 Å². The first kappa shape index (κ1) is 22.6. The van der Waals surface area contributed by atoms with Gasteiger partial charge in [-0.2, -0.15) is 0 Å². The number of carbonyl (C=O) groups excluding carboxylic acids is 2. The van der Waals surface area contributed by atoms with Crippen LogP contribution in [0.25, 0.3) is 11.1 Å². The van der Waals surface area contributed by atoms with E-state index in [4.69, 9.17) is 0 Å². The molecule has 0 aliphatic carbocycles. The number of nitrogens with zero attached hydrogens (tertiary/aromatic N) is 2. The number of hydrogen-bond donors (Lipinski definition) is 1. The van der Waals surface area contributed by atoms with Crippen LogP contribution in [0, 0.1) is 11.2 Å². The first-order valence-electron chi connectivity index (χ1n) is 11.2. The maximum atomic E-state index is 13.2. The molecule has 6 heteroatoms. The van der Waals surface area contributed by atoms with Crippen molar-refractivity contribution in [2.75, 3.05) is 20.1 Å². The first-order chi connectivity index (χ1) is 16.0. The summed E-state index contributed by atoms with van der Waals surface area (Å²) >= 11 is 0. The molecule has 1 fully saturated rings. The van der Waals surface area contributed by atoms with Crippen molar-refractivity contribution in [1.82, 2.24) is 15.2 Å². The van der Waals surface area contributed by atoms with Crippen molar-refractivity contribution >= 4 is 11.8 Å². The Hall–Kier alpha value is -3.54. The highest BCUT2D eigenvalue weighted by Gasteiger charge is 2.43. The van der Waals surface area contributed by atoms with E-state index in [1.165, 1.54) is 12.1 Å². The molecule has 1 aromatic heterocycles. The smallest absolute Gasteiger partial charge is 0.228 e. The highest BCUT2D eigenvalue weighted by Crippen LogP contribution is 2.35. The molecule has 0 unspecified atom stereocenters. The van der Waals surface area contributed by atoms with Gasteiger partial charge in [0.1, 0.15) is 5.82 Å². The van der Waals surface area contributed by atoms with Gasteiger partial charge in [-0.3, -0.25) is 14.6 Å². The summed E-state index contributed by atoms with van der Waals surface area (Å²) in [5.41, 5.74) is 3.19. The summed E-state index contributed by atoms with van der Waals surface area (Å²) in [5, 5.41) is 2.83. The van der Waals surface area contributed by atoms with Crippen molar-refractivity contribution in [2.24, 2.45) is 5.41 Å². The molecule has 1 aliphatic heterocycles. The van der Waals surface area contributed by atoms with Crippen LogP contribution in [0.3, 0.4) is 0 Å². The largest absolute Gasteiger partial charge is 0.359 e. The molecule has 170 valence electrons. The molecular formula is C27H28FN3O2. The van der Waals surface area contributed by atoms with Crippen LogP contribution in [0.1, 0.15) is 24.0 Å². The number of carbonyl (C=O) groups is 2. The second kappa shape index (κ2) is 9.94. The highest BCUT2D eigenvalue weighted by atomic mass is 19.1. The van der Waals surface area contributed by atoms with Gasteiger partial charge in [0.05, 0.1) is 11.8 Å². The second-order valence-electron chi connectivity index (χ2n) is 8.70. The van der Waals surface area contributed by atoms with Gasteiger partial charge in [0.25, 0.3) is 0 Å². The normalized spacial score (nSPS) is 18.1. The highest BCUT2D eigenvalue weighted by molar-refractivity contribution is 5.85. The monoisotopic (exact) mass is 445 g/mol. The number of piperidine rings is 1. The van der Waals surface area contributed by atoms with E-state index in [1.807, 2.05) is 36.5 Å². The van der Waals surface area contributed by atoms with E-state index >= 15 is 0 Å². The lowest BCUT2D eigenvalue weighted by Gasteiger charge is -2.41. The summed E-state index contributed by atoms with van der Waals surface area (Å²) in [6.45, 7) is 0.984. The van der Waals surface area contributed by atoms with Gasteiger partial charge in [-0.25, -0.2) is 4.39 Å². The Balaban J connectivity index is 1.55. The van der Waals surface area contributed by atoms with Crippen LogP contribution >= 0.6 is 0 Å². The van der Waals surface area contributed by atoms with Gasteiger partial charge in [0, 0.05) is 32.5 Å². The van der Waals surface area contributed by atoms with E-state index in [1.54, 1.807) is 30.3 Å². The van der Waals surface area contributed by atoms with Crippen LogP contribution in [0.5, 0.6) is 0 Å². The zero-order valence-corrected chi connectivity index (χ0v) is 18.8. The van der Waals surface area contributed by atoms with Crippen molar-refractivity contribution in [2.45, 2.75) is 25.7 Å². The molecule has 4 rings (SSSR count). The number of halogens is 1. The Morgan fingerprint density at radius 3 is 2.58 bits per heavy atom.